The van der Waals surface area contributed by atoms with Crippen molar-refractivity contribution >= 4 is 0 Å². The highest BCUT2D eigenvalue weighted by Gasteiger charge is 2.34. The van der Waals surface area contributed by atoms with Crippen LogP contribution in [-0.4, -0.2) is 13.2 Å². The zero-order valence-corrected chi connectivity index (χ0v) is 9.22. The van der Waals surface area contributed by atoms with Crippen molar-refractivity contribution in [3.63, 3.8) is 0 Å². The summed E-state index contributed by atoms with van der Waals surface area (Å²) in [5.41, 5.74) is -0.133. The molecule has 2 heteroatoms. The number of unbranched alkanes of at least 4 members (excludes halogenated alkanes) is 4. The van der Waals surface area contributed by atoms with Crippen molar-refractivity contribution in [1.82, 2.24) is 0 Å². The molecule has 0 aromatic rings. The summed E-state index contributed by atoms with van der Waals surface area (Å²) in [7, 11) is 0. The molecule has 0 radical (unpaired) electrons. The lowest BCUT2D eigenvalue weighted by molar-refractivity contribution is 0.167. The summed E-state index contributed by atoms with van der Waals surface area (Å²) in [5.74, 6) is 0. The molecule has 1 aliphatic rings. The van der Waals surface area contributed by atoms with Crippen molar-refractivity contribution in [2.45, 2.75) is 51.9 Å². The maximum atomic E-state index is 9.09. The van der Waals surface area contributed by atoms with E-state index in [4.69, 9.17) is 10.00 Å². The summed E-state index contributed by atoms with van der Waals surface area (Å²) >= 11 is 0. The largest absolute Gasteiger partial charge is 0.380 e. The van der Waals surface area contributed by atoms with Gasteiger partial charge >= 0.3 is 0 Å². The molecule has 1 fully saturated rings. The predicted octanol–water partition coefficient (Wildman–Crippen LogP) is 3.28. The number of ether oxygens (including phenoxy) is 1. The third-order valence-corrected chi connectivity index (χ3v) is 3.10. The zero-order chi connectivity index (χ0) is 10.3. The first-order chi connectivity index (χ1) is 6.83. The molecule has 0 aliphatic carbocycles. The van der Waals surface area contributed by atoms with Crippen molar-refractivity contribution in [3.8, 4) is 6.07 Å². The van der Waals surface area contributed by atoms with E-state index in [1.165, 1.54) is 32.1 Å². The minimum Gasteiger partial charge on any atom is -0.380 e. The number of nitriles is 1. The first-order valence-corrected chi connectivity index (χ1v) is 5.82. The van der Waals surface area contributed by atoms with Gasteiger partial charge in [0.15, 0.2) is 0 Å². The smallest absolute Gasteiger partial charge is 0.0828 e. The molecule has 2 nitrogen and oxygen atoms in total. The zero-order valence-electron chi connectivity index (χ0n) is 9.22. The van der Waals surface area contributed by atoms with E-state index in [0.29, 0.717) is 6.61 Å². The average Bonchev–Trinajstić information content (AvgIpc) is 2.67. The van der Waals surface area contributed by atoms with Crippen molar-refractivity contribution in [2.75, 3.05) is 13.2 Å². The van der Waals surface area contributed by atoms with E-state index in [0.717, 1.165) is 19.4 Å². The van der Waals surface area contributed by atoms with Gasteiger partial charge in [0.2, 0.25) is 0 Å². The van der Waals surface area contributed by atoms with Crippen molar-refractivity contribution in [3.05, 3.63) is 0 Å². The normalized spacial score (nSPS) is 26.3. The summed E-state index contributed by atoms with van der Waals surface area (Å²) in [6.07, 6.45) is 8.38. The Morgan fingerprint density at radius 3 is 2.64 bits per heavy atom. The molecule has 0 saturated carbocycles. The molecule has 0 N–H and O–H groups in total. The van der Waals surface area contributed by atoms with Crippen LogP contribution in [0.1, 0.15) is 51.9 Å². The van der Waals surface area contributed by atoms with E-state index < -0.39 is 0 Å². The predicted molar refractivity (Wildman–Crippen MR) is 56.9 cm³/mol. The summed E-state index contributed by atoms with van der Waals surface area (Å²) < 4.78 is 5.31. The van der Waals surface area contributed by atoms with Crippen LogP contribution in [0, 0.1) is 16.7 Å². The van der Waals surface area contributed by atoms with E-state index in [2.05, 4.69) is 13.0 Å². The van der Waals surface area contributed by atoms with Gasteiger partial charge < -0.3 is 4.74 Å². The monoisotopic (exact) mass is 195 g/mol. The van der Waals surface area contributed by atoms with Crippen LogP contribution >= 0.6 is 0 Å². The van der Waals surface area contributed by atoms with Crippen molar-refractivity contribution < 1.29 is 4.74 Å². The fraction of sp³-hybridized carbons (Fsp3) is 0.917. The summed E-state index contributed by atoms with van der Waals surface area (Å²) in [6, 6.07) is 2.44. The molecular formula is C12H21NO. The second kappa shape index (κ2) is 6.03. The van der Waals surface area contributed by atoms with Crippen molar-refractivity contribution in [2.24, 2.45) is 5.41 Å². The summed E-state index contributed by atoms with van der Waals surface area (Å²) in [5, 5.41) is 9.09. The van der Waals surface area contributed by atoms with Gasteiger partial charge in [-0.15, -0.1) is 0 Å². The van der Waals surface area contributed by atoms with Crippen LogP contribution in [-0.2, 0) is 4.74 Å². The van der Waals surface area contributed by atoms with Gasteiger partial charge in [-0.1, -0.05) is 39.0 Å². The second-order valence-corrected chi connectivity index (χ2v) is 4.36. The molecule has 1 atom stereocenters. The molecule has 14 heavy (non-hydrogen) atoms. The Bertz CT molecular complexity index is 189. The average molecular weight is 195 g/mol. The van der Waals surface area contributed by atoms with Gasteiger partial charge in [0.25, 0.3) is 0 Å². The highest BCUT2D eigenvalue weighted by Crippen LogP contribution is 2.33. The van der Waals surface area contributed by atoms with Crippen LogP contribution in [0.25, 0.3) is 0 Å². The SMILES string of the molecule is CCCCCCCC1(C#N)CCOC1. The lowest BCUT2D eigenvalue weighted by atomic mass is 9.83. The third kappa shape index (κ3) is 3.31. The van der Waals surface area contributed by atoms with E-state index in [9.17, 15) is 0 Å². The molecule has 1 heterocycles. The fourth-order valence-electron chi connectivity index (χ4n) is 2.02. The molecular weight excluding hydrogens is 174 g/mol. The van der Waals surface area contributed by atoms with Gasteiger partial charge in [0.05, 0.1) is 18.1 Å². The Morgan fingerprint density at radius 2 is 2.07 bits per heavy atom. The molecule has 80 valence electrons. The molecule has 1 aliphatic heterocycles. The molecule has 1 unspecified atom stereocenters. The number of rotatable bonds is 6. The van der Waals surface area contributed by atoms with Crippen LogP contribution in [0.2, 0.25) is 0 Å². The number of hydrogen-bond acceptors (Lipinski definition) is 2. The Kier molecular flexibility index (Phi) is 4.97. The Morgan fingerprint density at radius 1 is 1.29 bits per heavy atom. The molecule has 0 amide bonds. The van der Waals surface area contributed by atoms with Crippen LogP contribution < -0.4 is 0 Å². The van der Waals surface area contributed by atoms with Gasteiger partial charge in [0, 0.05) is 6.61 Å². The minimum atomic E-state index is -0.133. The minimum absolute atomic E-state index is 0.133. The number of nitrogens with zero attached hydrogens (tertiary/aromatic N) is 1. The van der Waals surface area contributed by atoms with Gasteiger partial charge in [-0.2, -0.15) is 5.26 Å². The molecule has 0 aromatic carbocycles. The Labute approximate surface area is 87.3 Å². The highest BCUT2D eigenvalue weighted by atomic mass is 16.5. The maximum Gasteiger partial charge on any atom is 0.0828 e. The Hall–Kier alpha value is -0.550. The van der Waals surface area contributed by atoms with Crippen LogP contribution in [0.5, 0.6) is 0 Å². The van der Waals surface area contributed by atoms with Gasteiger partial charge in [0.1, 0.15) is 0 Å². The van der Waals surface area contributed by atoms with Gasteiger partial charge in [-0.05, 0) is 12.8 Å². The van der Waals surface area contributed by atoms with Gasteiger partial charge in [-0.25, -0.2) is 0 Å². The first kappa shape index (κ1) is 11.5. The molecule has 1 saturated heterocycles. The number of hydrogen-bond donors (Lipinski definition) is 0. The van der Waals surface area contributed by atoms with Crippen LogP contribution in [0.3, 0.4) is 0 Å². The molecule has 0 spiro atoms. The van der Waals surface area contributed by atoms with E-state index in [-0.39, 0.29) is 5.41 Å². The maximum absolute atomic E-state index is 9.09. The van der Waals surface area contributed by atoms with E-state index in [1.807, 2.05) is 0 Å². The lowest BCUT2D eigenvalue weighted by Crippen LogP contribution is -2.18. The topological polar surface area (TPSA) is 33.0 Å². The summed E-state index contributed by atoms with van der Waals surface area (Å²) in [6.45, 7) is 3.67. The molecule has 0 bridgehead atoms. The fourth-order valence-corrected chi connectivity index (χ4v) is 2.02. The van der Waals surface area contributed by atoms with Gasteiger partial charge in [-0.3, -0.25) is 0 Å². The molecule has 1 rings (SSSR count). The summed E-state index contributed by atoms with van der Waals surface area (Å²) in [4.78, 5) is 0. The Balaban J connectivity index is 2.13. The standard InChI is InChI=1S/C12H21NO/c1-2-3-4-5-6-7-12(10-13)8-9-14-11-12/h2-9,11H2,1H3. The first-order valence-electron chi connectivity index (χ1n) is 5.82. The lowest BCUT2D eigenvalue weighted by Gasteiger charge is -2.17. The third-order valence-electron chi connectivity index (χ3n) is 3.10. The van der Waals surface area contributed by atoms with Crippen molar-refractivity contribution in [1.29, 1.82) is 5.26 Å². The van der Waals surface area contributed by atoms with E-state index in [1.54, 1.807) is 0 Å². The van der Waals surface area contributed by atoms with Crippen LogP contribution in [0.4, 0.5) is 0 Å². The molecule has 0 aromatic heterocycles. The second-order valence-electron chi connectivity index (χ2n) is 4.36. The van der Waals surface area contributed by atoms with E-state index >= 15 is 0 Å². The highest BCUT2D eigenvalue weighted by molar-refractivity contribution is 5.01. The quantitative estimate of drug-likeness (QED) is 0.609. The van der Waals surface area contributed by atoms with Crippen LogP contribution in [0.15, 0.2) is 0 Å².